The van der Waals surface area contributed by atoms with Crippen LogP contribution in [0.5, 0.6) is 0 Å². The van der Waals surface area contributed by atoms with Crippen LogP contribution in [0.25, 0.3) is 0 Å². The predicted octanol–water partition coefficient (Wildman–Crippen LogP) is 3.70. The van der Waals surface area contributed by atoms with Gasteiger partial charge in [-0.1, -0.05) is 19.3 Å². The molecule has 19 heavy (non-hydrogen) atoms. The Hall–Kier alpha value is -0.490. The van der Waals surface area contributed by atoms with Crippen molar-refractivity contribution in [3.63, 3.8) is 0 Å². The maximum absolute atomic E-state index is 5.70. The van der Waals surface area contributed by atoms with E-state index in [9.17, 15) is 0 Å². The third-order valence-corrected chi connectivity index (χ3v) is 4.71. The van der Waals surface area contributed by atoms with Crippen LogP contribution in [0.4, 0.5) is 0 Å². The fourth-order valence-corrected chi connectivity index (χ4v) is 3.80. The lowest BCUT2D eigenvalue weighted by atomic mass is 9.85. The first-order valence-electron chi connectivity index (χ1n) is 6.83. The summed E-state index contributed by atoms with van der Waals surface area (Å²) in [6.45, 7) is 0. The van der Waals surface area contributed by atoms with E-state index in [4.69, 9.17) is 14.2 Å². The van der Waals surface area contributed by atoms with Crippen LogP contribution in [-0.2, 0) is 14.2 Å². The zero-order chi connectivity index (χ0) is 13.7. The molecule has 1 aromatic rings. The van der Waals surface area contributed by atoms with Gasteiger partial charge in [0, 0.05) is 26.7 Å². The number of aromatic nitrogens is 1. The van der Waals surface area contributed by atoms with Gasteiger partial charge in [0.15, 0.2) is 0 Å². The quantitative estimate of drug-likeness (QED) is 0.747. The molecule has 1 fully saturated rings. The standard InChI is InChI=1S/C14H23NO3S/c1-16-12(10-7-5-4-6-8-10)13-15-11(9-19-13)14(17-2)18-3/h9-10,12,14H,4-8H2,1-3H3. The molecule has 0 aliphatic heterocycles. The van der Waals surface area contributed by atoms with Gasteiger partial charge in [-0.3, -0.25) is 0 Å². The molecule has 1 heterocycles. The Kier molecular flexibility index (Phi) is 5.76. The molecule has 0 spiro atoms. The Bertz CT molecular complexity index is 373. The van der Waals surface area contributed by atoms with Gasteiger partial charge in [0.2, 0.25) is 6.29 Å². The van der Waals surface area contributed by atoms with Gasteiger partial charge in [-0.15, -0.1) is 11.3 Å². The molecule has 1 unspecified atom stereocenters. The molecule has 0 bridgehead atoms. The summed E-state index contributed by atoms with van der Waals surface area (Å²) >= 11 is 1.64. The molecule has 0 aromatic carbocycles. The highest BCUT2D eigenvalue weighted by atomic mass is 32.1. The van der Waals surface area contributed by atoms with Gasteiger partial charge in [-0.05, 0) is 18.8 Å². The molecule has 1 atom stereocenters. The van der Waals surface area contributed by atoms with Crippen molar-refractivity contribution in [3.05, 3.63) is 16.1 Å². The van der Waals surface area contributed by atoms with Crippen LogP contribution in [0.2, 0.25) is 0 Å². The van der Waals surface area contributed by atoms with Crippen LogP contribution >= 0.6 is 11.3 Å². The molecule has 0 N–H and O–H groups in total. The Balaban J connectivity index is 2.10. The summed E-state index contributed by atoms with van der Waals surface area (Å²) in [7, 11) is 5.04. The van der Waals surface area contributed by atoms with Crippen molar-refractivity contribution in [3.8, 4) is 0 Å². The van der Waals surface area contributed by atoms with Gasteiger partial charge >= 0.3 is 0 Å². The number of nitrogens with zero attached hydrogens (tertiary/aromatic N) is 1. The van der Waals surface area contributed by atoms with Crippen LogP contribution in [-0.4, -0.2) is 26.3 Å². The van der Waals surface area contributed by atoms with E-state index < -0.39 is 0 Å². The lowest BCUT2D eigenvalue weighted by Crippen LogP contribution is -2.18. The number of thiazole rings is 1. The fraction of sp³-hybridized carbons (Fsp3) is 0.786. The highest BCUT2D eigenvalue weighted by Gasteiger charge is 2.28. The van der Waals surface area contributed by atoms with E-state index in [2.05, 4.69) is 4.98 Å². The van der Waals surface area contributed by atoms with Crippen molar-refractivity contribution < 1.29 is 14.2 Å². The van der Waals surface area contributed by atoms with Crippen molar-refractivity contribution in [2.24, 2.45) is 5.92 Å². The second kappa shape index (κ2) is 7.33. The second-order valence-electron chi connectivity index (χ2n) is 4.97. The highest BCUT2D eigenvalue weighted by Crippen LogP contribution is 2.38. The lowest BCUT2D eigenvalue weighted by molar-refractivity contribution is -0.108. The summed E-state index contributed by atoms with van der Waals surface area (Å²) in [4.78, 5) is 4.64. The van der Waals surface area contributed by atoms with Crippen molar-refractivity contribution in [1.29, 1.82) is 0 Å². The van der Waals surface area contributed by atoms with E-state index in [0.717, 1.165) is 10.7 Å². The SMILES string of the molecule is COC(OC)c1csc(C(OC)C2CCCCC2)n1. The van der Waals surface area contributed by atoms with Crippen LogP contribution in [0, 0.1) is 5.92 Å². The lowest BCUT2D eigenvalue weighted by Gasteiger charge is -2.27. The van der Waals surface area contributed by atoms with E-state index in [1.807, 2.05) is 5.38 Å². The third kappa shape index (κ3) is 3.54. The third-order valence-electron chi connectivity index (χ3n) is 3.78. The number of methoxy groups -OCH3 is 3. The van der Waals surface area contributed by atoms with Crippen LogP contribution in [0.1, 0.15) is 55.2 Å². The predicted molar refractivity (Wildman–Crippen MR) is 75.2 cm³/mol. The van der Waals surface area contributed by atoms with Crippen LogP contribution in [0.15, 0.2) is 5.38 Å². The van der Waals surface area contributed by atoms with Gasteiger partial charge in [0.25, 0.3) is 0 Å². The average Bonchev–Trinajstić information content (AvgIpc) is 2.92. The summed E-state index contributed by atoms with van der Waals surface area (Å²) in [5.41, 5.74) is 0.836. The van der Waals surface area contributed by atoms with Crippen molar-refractivity contribution >= 4 is 11.3 Å². The van der Waals surface area contributed by atoms with Crippen LogP contribution < -0.4 is 0 Å². The van der Waals surface area contributed by atoms with E-state index >= 15 is 0 Å². The van der Waals surface area contributed by atoms with E-state index in [1.54, 1.807) is 32.7 Å². The smallest absolute Gasteiger partial charge is 0.201 e. The monoisotopic (exact) mass is 285 g/mol. The summed E-state index contributed by atoms with van der Waals surface area (Å²) < 4.78 is 16.2. The second-order valence-corrected chi connectivity index (χ2v) is 5.86. The normalized spacial score (nSPS) is 18.9. The minimum Gasteiger partial charge on any atom is -0.374 e. The molecule has 1 aliphatic rings. The topological polar surface area (TPSA) is 40.6 Å². The molecule has 1 saturated carbocycles. The first kappa shape index (κ1) is 14.9. The Morgan fingerprint density at radius 2 is 1.79 bits per heavy atom. The fourth-order valence-electron chi connectivity index (χ4n) is 2.81. The summed E-state index contributed by atoms with van der Waals surface area (Å²) in [6.07, 6.45) is 6.19. The summed E-state index contributed by atoms with van der Waals surface area (Å²) in [5.74, 6) is 0.598. The van der Waals surface area contributed by atoms with Gasteiger partial charge in [-0.25, -0.2) is 4.98 Å². The molecule has 0 saturated heterocycles. The van der Waals surface area contributed by atoms with Crippen molar-refractivity contribution in [2.45, 2.75) is 44.5 Å². The summed E-state index contributed by atoms with van der Waals surface area (Å²) in [5, 5.41) is 3.05. The molecule has 1 aromatic heterocycles. The molecule has 0 amide bonds. The largest absolute Gasteiger partial charge is 0.374 e. The average molecular weight is 285 g/mol. The first-order valence-corrected chi connectivity index (χ1v) is 7.71. The maximum atomic E-state index is 5.70. The number of hydrogen-bond donors (Lipinski definition) is 0. The van der Waals surface area contributed by atoms with Gasteiger partial charge in [-0.2, -0.15) is 0 Å². The molecular weight excluding hydrogens is 262 g/mol. The Morgan fingerprint density at radius 1 is 1.11 bits per heavy atom. The zero-order valence-electron chi connectivity index (χ0n) is 11.9. The van der Waals surface area contributed by atoms with Crippen LogP contribution in [0.3, 0.4) is 0 Å². The first-order chi connectivity index (χ1) is 9.30. The minimum absolute atomic E-state index is 0.119. The van der Waals surface area contributed by atoms with Gasteiger partial charge in [0.05, 0.1) is 0 Å². The number of ether oxygens (including phenoxy) is 3. The van der Waals surface area contributed by atoms with Crippen molar-refractivity contribution in [1.82, 2.24) is 4.98 Å². The molecule has 4 nitrogen and oxygen atoms in total. The summed E-state index contributed by atoms with van der Waals surface area (Å²) in [6, 6.07) is 0. The zero-order valence-corrected chi connectivity index (χ0v) is 12.7. The van der Waals surface area contributed by atoms with Gasteiger partial charge < -0.3 is 14.2 Å². The minimum atomic E-state index is -0.381. The molecular formula is C14H23NO3S. The molecule has 0 radical (unpaired) electrons. The molecule has 1 aliphatic carbocycles. The molecule has 5 heteroatoms. The van der Waals surface area contributed by atoms with E-state index in [0.29, 0.717) is 5.92 Å². The number of rotatable bonds is 6. The Morgan fingerprint density at radius 3 is 2.37 bits per heavy atom. The molecule has 108 valence electrons. The van der Waals surface area contributed by atoms with E-state index in [1.165, 1.54) is 32.1 Å². The Labute approximate surface area is 119 Å². The van der Waals surface area contributed by atoms with E-state index in [-0.39, 0.29) is 12.4 Å². The number of hydrogen-bond acceptors (Lipinski definition) is 5. The van der Waals surface area contributed by atoms with Gasteiger partial charge in [0.1, 0.15) is 16.8 Å². The maximum Gasteiger partial charge on any atom is 0.201 e. The van der Waals surface area contributed by atoms with Crippen molar-refractivity contribution in [2.75, 3.05) is 21.3 Å². The highest BCUT2D eigenvalue weighted by molar-refractivity contribution is 7.09. The molecule has 2 rings (SSSR count).